The van der Waals surface area contributed by atoms with E-state index >= 15 is 0 Å². The molecule has 2 nitrogen and oxygen atoms in total. The molecule has 3 rings (SSSR count). The lowest BCUT2D eigenvalue weighted by Gasteiger charge is -2.03. The van der Waals surface area contributed by atoms with Crippen LogP contribution in [0.5, 0.6) is 0 Å². The normalized spacial score (nSPS) is 10.9. The number of rotatable bonds is 2. The van der Waals surface area contributed by atoms with Crippen molar-refractivity contribution < 1.29 is 4.79 Å². The third kappa shape index (κ3) is 2.43. The Bertz CT molecular complexity index is 826. The van der Waals surface area contributed by atoms with E-state index in [-0.39, 0.29) is 5.78 Å². The molecule has 0 amide bonds. The molecule has 1 heterocycles. The molecule has 1 aromatic heterocycles. The van der Waals surface area contributed by atoms with Crippen molar-refractivity contribution in [1.29, 1.82) is 0 Å². The molecule has 0 aliphatic rings. The molecule has 0 spiro atoms. The number of H-pyrrole nitrogens is 1. The first kappa shape index (κ1) is 13.9. The van der Waals surface area contributed by atoms with Crippen molar-refractivity contribution in [2.45, 2.75) is 0 Å². The van der Waals surface area contributed by atoms with Crippen LogP contribution in [0.2, 0.25) is 5.02 Å². The number of fused-ring (bicyclic) bond motifs is 1. The molecule has 0 unspecified atom stereocenters. The van der Waals surface area contributed by atoms with Crippen LogP contribution in [0, 0.1) is 0 Å². The third-order valence-corrected chi connectivity index (χ3v) is 4.45. The number of nitrogens with one attached hydrogen (secondary N) is 1. The molecular formula is C15H8Br2ClNO. The minimum absolute atomic E-state index is 0.0297. The first-order chi connectivity index (χ1) is 9.56. The van der Waals surface area contributed by atoms with E-state index in [4.69, 9.17) is 11.6 Å². The summed E-state index contributed by atoms with van der Waals surface area (Å²) in [5.41, 5.74) is 2.12. The van der Waals surface area contributed by atoms with E-state index < -0.39 is 0 Å². The number of aromatic amines is 1. The number of halogens is 3. The van der Waals surface area contributed by atoms with Gasteiger partial charge in [-0.3, -0.25) is 4.79 Å². The molecule has 100 valence electrons. The molecule has 3 aromatic rings. The number of carbonyl (C=O) groups excluding carboxylic acids is 1. The number of benzene rings is 2. The Morgan fingerprint density at radius 2 is 1.85 bits per heavy atom. The van der Waals surface area contributed by atoms with Crippen LogP contribution in [0.1, 0.15) is 15.9 Å². The molecule has 0 saturated carbocycles. The maximum Gasteiger partial charge on any atom is 0.196 e. The summed E-state index contributed by atoms with van der Waals surface area (Å²) >= 11 is 12.8. The lowest BCUT2D eigenvalue weighted by Crippen LogP contribution is -2.01. The Hall–Kier alpha value is -1.10. The summed E-state index contributed by atoms with van der Waals surface area (Å²) in [4.78, 5) is 15.7. The van der Waals surface area contributed by atoms with Gasteiger partial charge in [-0.15, -0.1) is 0 Å². The van der Waals surface area contributed by atoms with Gasteiger partial charge in [-0.1, -0.05) is 33.6 Å². The van der Waals surface area contributed by atoms with Gasteiger partial charge in [0.2, 0.25) is 0 Å². The lowest BCUT2D eigenvalue weighted by atomic mass is 10.0. The van der Waals surface area contributed by atoms with Crippen LogP contribution in [0.15, 0.2) is 51.5 Å². The predicted molar refractivity (Wildman–Crippen MR) is 88.6 cm³/mol. The average molecular weight is 413 g/mol. The zero-order valence-corrected chi connectivity index (χ0v) is 14.0. The van der Waals surface area contributed by atoms with Gasteiger partial charge in [-0.2, -0.15) is 0 Å². The van der Waals surface area contributed by atoms with E-state index in [1.54, 1.807) is 18.3 Å². The van der Waals surface area contributed by atoms with Crippen molar-refractivity contribution in [3.05, 3.63) is 67.7 Å². The minimum atomic E-state index is -0.0297. The van der Waals surface area contributed by atoms with E-state index in [2.05, 4.69) is 36.8 Å². The molecule has 0 fully saturated rings. The van der Waals surface area contributed by atoms with Crippen LogP contribution in [0.4, 0.5) is 0 Å². The summed E-state index contributed by atoms with van der Waals surface area (Å²) < 4.78 is 1.69. The predicted octanol–water partition coefficient (Wildman–Crippen LogP) is 5.58. The number of ketones is 1. The largest absolute Gasteiger partial charge is 0.360 e. The van der Waals surface area contributed by atoms with Crippen LogP contribution in [0.3, 0.4) is 0 Å². The van der Waals surface area contributed by atoms with E-state index in [0.29, 0.717) is 16.1 Å². The SMILES string of the molecule is O=C(c1ccc(Br)cc1Br)c1c[nH]c2cc(Cl)ccc12. The highest BCUT2D eigenvalue weighted by Crippen LogP contribution is 2.28. The molecule has 0 aliphatic heterocycles. The van der Waals surface area contributed by atoms with Crippen LogP contribution < -0.4 is 0 Å². The number of aromatic nitrogens is 1. The molecule has 20 heavy (non-hydrogen) atoms. The first-order valence-corrected chi connectivity index (χ1v) is 7.79. The zero-order valence-electron chi connectivity index (χ0n) is 10.1. The van der Waals surface area contributed by atoms with E-state index in [1.165, 1.54) is 0 Å². The summed E-state index contributed by atoms with van der Waals surface area (Å²) in [5, 5.41) is 1.51. The molecule has 0 radical (unpaired) electrons. The van der Waals surface area contributed by atoms with Gasteiger partial charge in [0.05, 0.1) is 0 Å². The number of hydrogen-bond donors (Lipinski definition) is 1. The second kappa shape index (κ2) is 5.35. The first-order valence-electron chi connectivity index (χ1n) is 5.82. The van der Waals surface area contributed by atoms with Gasteiger partial charge < -0.3 is 4.98 Å². The fraction of sp³-hybridized carbons (Fsp3) is 0. The van der Waals surface area contributed by atoms with E-state index in [9.17, 15) is 4.79 Å². The molecular weight excluding hydrogens is 405 g/mol. The molecule has 0 atom stereocenters. The van der Waals surface area contributed by atoms with Crippen molar-refractivity contribution in [3.8, 4) is 0 Å². The summed E-state index contributed by atoms with van der Waals surface area (Å²) in [6, 6.07) is 11.0. The monoisotopic (exact) mass is 411 g/mol. The smallest absolute Gasteiger partial charge is 0.196 e. The van der Waals surface area contributed by atoms with E-state index in [1.807, 2.05) is 24.3 Å². The van der Waals surface area contributed by atoms with Gasteiger partial charge in [-0.25, -0.2) is 0 Å². The molecule has 5 heteroatoms. The van der Waals surface area contributed by atoms with Gasteiger partial charge >= 0.3 is 0 Å². The van der Waals surface area contributed by atoms with Gasteiger partial charge in [0.1, 0.15) is 0 Å². The lowest BCUT2D eigenvalue weighted by molar-refractivity contribution is 0.103. The van der Waals surface area contributed by atoms with Gasteiger partial charge in [-0.05, 0) is 46.3 Å². The Balaban J connectivity index is 2.13. The van der Waals surface area contributed by atoms with Crippen LogP contribution in [0.25, 0.3) is 10.9 Å². The van der Waals surface area contributed by atoms with Crippen molar-refractivity contribution >= 4 is 60.1 Å². The van der Waals surface area contributed by atoms with Gasteiger partial charge in [0, 0.05) is 42.2 Å². The second-order valence-electron chi connectivity index (χ2n) is 4.35. The highest BCUT2D eigenvalue weighted by Gasteiger charge is 2.16. The summed E-state index contributed by atoms with van der Waals surface area (Å²) in [5.74, 6) is -0.0297. The Morgan fingerprint density at radius 3 is 2.60 bits per heavy atom. The number of hydrogen-bond acceptors (Lipinski definition) is 1. The average Bonchev–Trinajstić information content (AvgIpc) is 2.80. The molecule has 0 aliphatic carbocycles. The second-order valence-corrected chi connectivity index (χ2v) is 6.55. The molecule has 0 bridgehead atoms. The van der Waals surface area contributed by atoms with Gasteiger partial charge in [0.15, 0.2) is 5.78 Å². The third-order valence-electron chi connectivity index (χ3n) is 3.06. The molecule has 1 N–H and O–H groups in total. The summed E-state index contributed by atoms with van der Waals surface area (Å²) in [6.45, 7) is 0. The van der Waals surface area contributed by atoms with Crippen LogP contribution in [-0.4, -0.2) is 10.8 Å². The van der Waals surface area contributed by atoms with Crippen molar-refractivity contribution in [1.82, 2.24) is 4.98 Å². The summed E-state index contributed by atoms with van der Waals surface area (Å²) in [6.07, 6.45) is 1.72. The Kier molecular flexibility index (Phi) is 3.71. The zero-order chi connectivity index (χ0) is 14.3. The highest BCUT2D eigenvalue weighted by atomic mass is 79.9. The molecule has 2 aromatic carbocycles. The Labute approximate surface area is 137 Å². The fourth-order valence-corrected chi connectivity index (χ4v) is 3.50. The standard InChI is InChI=1S/C15H8Br2ClNO/c16-8-1-3-11(13(17)5-8)15(20)12-7-19-14-6-9(18)2-4-10(12)14/h1-7,19H. The Morgan fingerprint density at radius 1 is 1.05 bits per heavy atom. The summed E-state index contributed by atoms with van der Waals surface area (Å²) in [7, 11) is 0. The van der Waals surface area contributed by atoms with Crippen molar-refractivity contribution in [2.75, 3.05) is 0 Å². The minimum Gasteiger partial charge on any atom is -0.360 e. The molecule has 0 saturated heterocycles. The van der Waals surface area contributed by atoms with Crippen LogP contribution >= 0.6 is 43.5 Å². The van der Waals surface area contributed by atoms with Crippen molar-refractivity contribution in [3.63, 3.8) is 0 Å². The van der Waals surface area contributed by atoms with Gasteiger partial charge in [0.25, 0.3) is 0 Å². The van der Waals surface area contributed by atoms with E-state index in [0.717, 1.165) is 19.8 Å². The quantitative estimate of drug-likeness (QED) is 0.547. The van der Waals surface area contributed by atoms with Crippen LogP contribution in [-0.2, 0) is 0 Å². The topological polar surface area (TPSA) is 32.9 Å². The maximum absolute atomic E-state index is 12.6. The number of carbonyl (C=O) groups is 1. The maximum atomic E-state index is 12.6. The van der Waals surface area contributed by atoms with Crippen molar-refractivity contribution in [2.24, 2.45) is 0 Å². The fourth-order valence-electron chi connectivity index (χ4n) is 2.10. The highest BCUT2D eigenvalue weighted by molar-refractivity contribution is 9.11.